The molecule has 134 valence electrons. The average Bonchev–Trinajstić information content (AvgIpc) is 2.48. The molecular formula is C17H42N4P+. The lowest BCUT2D eigenvalue weighted by Crippen LogP contribution is -2.48. The van der Waals surface area contributed by atoms with Crippen LogP contribution in [0.5, 0.6) is 0 Å². The van der Waals surface area contributed by atoms with E-state index in [0.717, 1.165) is 0 Å². The molecule has 22 heavy (non-hydrogen) atoms. The second-order valence-electron chi connectivity index (χ2n) is 6.59. The Morgan fingerprint density at radius 1 is 0.545 bits per heavy atom. The van der Waals surface area contributed by atoms with E-state index in [2.05, 4.69) is 74.7 Å². The molecule has 0 atom stereocenters. The number of unbranched alkanes of at least 4 members (excludes halogenated alkanes) is 3. The molecule has 0 aromatic carbocycles. The molecule has 0 N–H and O–H groups in total. The number of hydrogen-bond acceptors (Lipinski definition) is 4. The van der Waals surface area contributed by atoms with E-state index in [1.165, 1.54) is 58.2 Å². The lowest BCUT2D eigenvalue weighted by Gasteiger charge is -2.46. The van der Waals surface area contributed by atoms with Crippen molar-refractivity contribution >= 4 is 7.87 Å². The molecule has 0 bridgehead atoms. The molecule has 0 aromatic heterocycles. The third kappa shape index (κ3) is 5.72. The van der Waals surface area contributed by atoms with Gasteiger partial charge < -0.3 is 0 Å². The number of hydrogen-bond donors (Lipinski definition) is 0. The minimum Gasteiger partial charge on any atom is -0.139 e. The minimum absolute atomic E-state index is 1.18. The predicted octanol–water partition coefficient (Wildman–Crippen LogP) is 4.42. The zero-order valence-corrected chi connectivity index (χ0v) is 17.5. The maximum absolute atomic E-state index is 2.64. The normalized spacial score (nSPS) is 13.1. The highest BCUT2D eigenvalue weighted by atomic mass is 31.2. The summed E-state index contributed by atoms with van der Waals surface area (Å²) in [6.45, 7) is 10.4. The van der Waals surface area contributed by atoms with Crippen molar-refractivity contribution in [2.45, 2.75) is 59.3 Å². The van der Waals surface area contributed by atoms with Gasteiger partial charge in [0, 0.05) is 54.9 Å². The number of rotatable bonds is 13. The summed E-state index contributed by atoms with van der Waals surface area (Å²) in [5.74, 6) is 0. The first-order valence-corrected chi connectivity index (χ1v) is 10.7. The van der Waals surface area contributed by atoms with Crippen LogP contribution in [-0.4, -0.2) is 73.6 Å². The van der Waals surface area contributed by atoms with Crippen molar-refractivity contribution in [1.29, 1.82) is 0 Å². The van der Waals surface area contributed by atoms with Crippen LogP contribution in [0.2, 0.25) is 0 Å². The van der Waals surface area contributed by atoms with Gasteiger partial charge in [0.05, 0.1) is 0 Å². The lowest BCUT2D eigenvalue weighted by molar-refractivity contribution is 0.309. The predicted molar refractivity (Wildman–Crippen MR) is 103 cm³/mol. The van der Waals surface area contributed by atoms with Crippen LogP contribution in [0.25, 0.3) is 0 Å². The van der Waals surface area contributed by atoms with E-state index in [0.29, 0.717) is 0 Å². The maximum atomic E-state index is 2.64. The molecule has 0 rings (SSSR count). The van der Waals surface area contributed by atoms with Crippen LogP contribution in [0.15, 0.2) is 0 Å². The zero-order valence-electron chi connectivity index (χ0n) is 16.6. The van der Waals surface area contributed by atoms with Crippen molar-refractivity contribution in [1.82, 2.24) is 18.7 Å². The van der Waals surface area contributed by atoms with E-state index in [9.17, 15) is 0 Å². The van der Waals surface area contributed by atoms with Crippen LogP contribution >= 0.6 is 7.87 Å². The molecule has 0 aliphatic heterocycles. The molecular weight excluding hydrogens is 291 g/mol. The van der Waals surface area contributed by atoms with E-state index in [1.807, 2.05) is 0 Å². The topological polar surface area (TPSA) is 13.0 Å². The molecule has 0 aliphatic carbocycles. The molecule has 4 nitrogen and oxygen atoms in total. The van der Waals surface area contributed by atoms with Crippen LogP contribution < -0.4 is 0 Å². The third-order valence-electron chi connectivity index (χ3n) is 4.42. The standard InChI is InChI=1S/C17H42N4P/c1-9-12-15-19(6)22(18(4)5,20(7)16-13-10-2)21(8)17-14-11-3/h9-17H2,1-8H3/q+1. The second kappa shape index (κ2) is 11.8. The maximum Gasteiger partial charge on any atom is 0.307 e. The molecule has 0 fully saturated rings. The van der Waals surface area contributed by atoms with Crippen molar-refractivity contribution in [3.05, 3.63) is 0 Å². The van der Waals surface area contributed by atoms with Gasteiger partial charge in [0.25, 0.3) is 0 Å². The third-order valence-corrected chi connectivity index (χ3v) is 8.84. The largest absolute Gasteiger partial charge is 0.307 e. The first-order chi connectivity index (χ1) is 10.4. The quantitative estimate of drug-likeness (QED) is 0.462. The Morgan fingerprint density at radius 3 is 1.00 bits per heavy atom. The van der Waals surface area contributed by atoms with Gasteiger partial charge in [-0.05, 0) is 19.3 Å². The molecule has 0 aromatic rings. The van der Waals surface area contributed by atoms with Gasteiger partial charge in [-0.15, -0.1) is 18.7 Å². The summed E-state index contributed by atoms with van der Waals surface area (Å²) in [5, 5.41) is 0. The van der Waals surface area contributed by atoms with E-state index in [1.54, 1.807) is 0 Å². The van der Waals surface area contributed by atoms with Crippen molar-refractivity contribution in [3.63, 3.8) is 0 Å². The molecule has 5 heteroatoms. The SMILES string of the molecule is CCCCN(C)[P+](N(C)C)(N(C)CCCC)N(C)CCCC. The van der Waals surface area contributed by atoms with Crippen LogP contribution in [0, 0.1) is 0 Å². The summed E-state index contributed by atoms with van der Waals surface area (Å²) in [4.78, 5) is 0. The Bertz CT molecular complexity index is 237. The fourth-order valence-electron chi connectivity index (χ4n) is 3.26. The van der Waals surface area contributed by atoms with Crippen molar-refractivity contribution in [3.8, 4) is 0 Å². The van der Waals surface area contributed by atoms with Crippen LogP contribution in [-0.2, 0) is 0 Å². The Labute approximate surface area is 141 Å². The van der Waals surface area contributed by atoms with Crippen molar-refractivity contribution < 1.29 is 0 Å². The Morgan fingerprint density at radius 2 is 0.818 bits per heavy atom. The highest BCUT2D eigenvalue weighted by Crippen LogP contribution is 2.67. The van der Waals surface area contributed by atoms with Gasteiger partial charge in [-0.2, -0.15) is 0 Å². The molecule has 0 radical (unpaired) electrons. The van der Waals surface area contributed by atoms with Gasteiger partial charge in [0.2, 0.25) is 0 Å². The van der Waals surface area contributed by atoms with E-state index in [-0.39, 0.29) is 0 Å². The summed E-state index contributed by atoms with van der Waals surface area (Å²) >= 11 is 0. The fourth-order valence-corrected chi connectivity index (χ4v) is 7.89. The Kier molecular flexibility index (Phi) is 11.9. The molecule has 0 saturated carbocycles. The van der Waals surface area contributed by atoms with Gasteiger partial charge in [-0.25, -0.2) is 0 Å². The molecule has 0 unspecified atom stereocenters. The van der Waals surface area contributed by atoms with Crippen molar-refractivity contribution in [2.24, 2.45) is 0 Å². The summed E-state index contributed by atoms with van der Waals surface area (Å²) in [6.07, 6.45) is 7.60. The lowest BCUT2D eigenvalue weighted by atomic mass is 10.3. The Balaban J connectivity index is 5.42. The average molecular weight is 334 g/mol. The monoisotopic (exact) mass is 333 g/mol. The van der Waals surface area contributed by atoms with Gasteiger partial charge in [-0.1, -0.05) is 40.0 Å². The Hall–Kier alpha value is 0.270. The van der Waals surface area contributed by atoms with E-state index < -0.39 is 7.87 Å². The van der Waals surface area contributed by atoms with Gasteiger partial charge in [-0.3, -0.25) is 0 Å². The fraction of sp³-hybridized carbons (Fsp3) is 1.00. The first-order valence-electron chi connectivity index (χ1n) is 9.11. The van der Waals surface area contributed by atoms with Gasteiger partial charge >= 0.3 is 7.87 Å². The summed E-state index contributed by atoms with van der Waals surface area (Å²) in [6, 6.07) is 0. The molecule has 0 saturated heterocycles. The number of nitrogens with zero attached hydrogens (tertiary/aromatic N) is 4. The van der Waals surface area contributed by atoms with E-state index >= 15 is 0 Å². The molecule has 0 amide bonds. The van der Waals surface area contributed by atoms with E-state index in [4.69, 9.17) is 0 Å². The minimum atomic E-state index is -1.60. The summed E-state index contributed by atoms with van der Waals surface area (Å²) in [5.41, 5.74) is 0. The van der Waals surface area contributed by atoms with Crippen LogP contribution in [0.3, 0.4) is 0 Å². The smallest absolute Gasteiger partial charge is 0.139 e. The van der Waals surface area contributed by atoms with Crippen molar-refractivity contribution in [2.75, 3.05) is 54.9 Å². The zero-order chi connectivity index (χ0) is 17.2. The molecule has 0 aliphatic rings. The highest BCUT2D eigenvalue weighted by Gasteiger charge is 2.54. The molecule has 0 heterocycles. The molecule has 0 spiro atoms. The second-order valence-corrected chi connectivity index (χ2v) is 10.5. The van der Waals surface area contributed by atoms with Crippen LogP contribution in [0.1, 0.15) is 59.3 Å². The van der Waals surface area contributed by atoms with Gasteiger partial charge in [0.15, 0.2) is 0 Å². The summed E-state index contributed by atoms with van der Waals surface area (Å²) < 4.78 is 10.4. The van der Waals surface area contributed by atoms with Crippen LogP contribution in [0.4, 0.5) is 0 Å². The summed E-state index contributed by atoms with van der Waals surface area (Å²) in [7, 11) is 9.92. The van der Waals surface area contributed by atoms with Gasteiger partial charge in [0.1, 0.15) is 0 Å². The first kappa shape index (κ1) is 22.3. The highest BCUT2D eigenvalue weighted by molar-refractivity contribution is 7.66.